The molecule has 1 saturated carbocycles. The van der Waals surface area contributed by atoms with Gasteiger partial charge in [0.25, 0.3) is 5.91 Å². The summed E-state index contributed by atoms with van der Waals surface area (Å²) in [6.07, 6.45) is 4.75. The summed E-state index contributed by atoms with van der Waals surface area (Å²) in [6, 6.07) is 0.860. The van der Waals surface area contributed by atoms with Gasteiger partial charge in [-0.15, -0.1) is 0 Å². The molecule has 2 amide bonds. The first kappa shape index (κ1) is 12.3. The first-order valence-electron chi connectivity index (χ1n) is 5.86. The number of carbonyl (C=O) groups is 2. The first-order valence-corrected chi connectivity index (χ1v) is 5.86. The first-order chi connectivity index (χ1) is 8.58. The van der Waals surface area contributed by atoms with Crippen LogP contribution in [0.2, 0.25) is 0 Å². The lowest BCUT2D eigenvalue weighted by Crippen LogP contribution is -2.46. The van der Waals surface area contributed by atoms with E-state index in [-0.39, 0.29) is 22.9 Å². The highest BCUT2D eigenvalue weighted by molar-refractivity contribution is 5.97. The Morgan fingerprint density at radius 3 is 2.78 bits per heavy atom. The van der Waals surface area contributed by atoms with Crippen molar-refractivity contribution in [3.63, 3.8) is 0 Å². The Labute approximate surface area is 104 Å². The fourth-order valence-corrected chi connectivity index (χ4v) is 1.49. The van der Waals surface area contributed by atoms with Gasteiger partial charge < -0.3 is 15.6 Å². The number of nitrogens with one attached hydrogen (secondary N) is 3. The Hall–Kier alpha value is -2.11. The molecule has 0 radical (unpaired) electrons. The fourth-order valence-electron chi connectivity index (χ4n) is 1.49. The molecule has 2 rings (SSSR count). The summed E-state index contributed by atoms with van der Waals surface area (Å²) >= 11 is 0. The Kier molecular flexibility index (Phi) is 3.45. The SMILES string of the molecule is CC(NC(=O)c1c[nH]ccc1=O)C(=O)NC1CC1. The van der Waals surface area contributed by atoms with Gasteiger partial charge in [-0.2, -0.15) is 0 Å². The van der Waals surface area contributed by atoms with Crippen LogP contribution in [0.5, 0.6) is 0 Å². The number of aromatic amines is 1. The van der Waals surface area contributed by atoms with Gasteiger partial charge in [0.05, 0.1) is 0 Å². The summed E-state index contributed by atoms with van der Waals surface area (Å²) in [7, 11) is 0. The summed E-state index contributed by atoms with van der Waals surface area (Å²) in [4.78, 5) is 37.5. The van der Waals surface area contributed by atoms with E-state index in [9.17, 15) is 14.4 Å². The lowest BCUT2D eigenvalue weighted by molar-refractivity contribution is -0.122. The molecular formula is C12H15N3O3. The molecule has 6 heteroatoms. The van der Waals surface area contributed by atoms with Crippen molar-refractivity contribution < 1.29 is 9.59 Å². The Balaban J connectivity index is 1.96. The molecule has 0 aliphatic heterocycles. The molecule has 1 heterocycles. The number of amides is 2. The minimum Gasteiger partial charge on any atom is -0.367 e. The van der Waals surface area contributed by atoms with Crippen LogP contribution in [0.3, 0.4) is 0 Å². The number of rotatable bonds is 4. The maximum absolute atomic E-state index is 11.8. The van der Waals surface area contributed by atoms with E-state index in [2.05, 4.69) is 15.6 Å². The van der Waals surface area contributed by atoms with E-state index in [1.165, 1.54) is 18.5 Å². The molecule has 1 aliphatic rings. The smallest absolute Gasteiger partial charge is 0.257 e. The Bertz CT molecular complexity index is 519. The molecule has 1 aliphatic carbocycles. The van der Waals surface area contributed by atoms with Crippen LogP contribution >= 0.6 is 0 Å². The van der Waals surface area contributed by atoms with E-state index < -0.39 is 11.9 Å². The van der Waals surface area contributed by atoms with E-state index in [0.29, 0.717) is 0 Å². The number of carbonyl (C=O) groups excluding carboxylic acids is 2. The van der Waals surface area contributed by atoms with E-state index in [4.69, 9.17) is 0 Å². The molecule has 96 valence electrons. The summed E-state index contributed by atoms with van der Waals surface area (Å²) in [5.74, 6) is -0.770. The van der Waals surface area contributed by atoms with Crippen LogP contribution in [0.25, 0.3) is 0 Å². The highest BCUT2D eigenvalue weighted by Crippen LogP contribution is 2.18. The molecular weight excluding hydrogens is 234 g/mol. The third-order valence-electron chi connectivity index (χ3n) is 2.73. The Morgan fingerprint density at radius 2 is 2.17 bits per heavy atom. The monoisotopic (exact) mass is 249 g/mol. The molecule has 18 heavy (non-hydrogen) atoms. The molecule has 0 saturated heterocycles. The molecule has 0 spiro atoms. The highest BCUT2D eigenvalue weighted by Gasteiger charge is 2.26. The summed E-state index contributed by atoms with van der Waals surface area (Å²) in [5.41, 5.74) is -0.371. The number of H-pyrrole nitrogens is 1. The number of hydrogen-bond acceptors (Lipinski definition) is 3. The highest BCUT2D eigenvalue weighted by atomic mass is 16.2. The lowest BCUT2D eigenvalue weighted by atomic mass is 10.2. The van der Waals surface area contributed by atoms with Gasteiger partial charge in [0.2, 0.25) is 5.91 Å². The predicted molar refractivity (Wildman–Crippen MR) is 65.2 cm³/mol. The van der Waals surface area contributed by atoms with Crippen molar-refractivity contribution in [3.8, 4) is 0 Å². The van der Waals surface area contributed by atoms with Crippen LogP contribution in [0.4, 0.5) is 0 Å². The van der Waals surface area contributed by atoms with Gasteiger partial charge in [0, 0.05) is 24.5 Å². The molecule has 0 bridgehead atoms. The summed E-state index contributed by atoms with van der Waals surface area (Å²) in [5, 5.41) is 5.28. The van der Waals surface area contributed by atoms with Crippen LogP contribution in [-0.2, 0) is 4.79 Å². The zero-order valence-corrected chi connectivity index (χ0v) is 10.0. The standard InChI is InChI=1S/C12H15N3O3/c1-7(11(17)15-8-2-3-8)14-12(18)9-6-13-5-4-10(9)16/h4-8H,2-3H2,1H3,(H,13,16)(H,14,18)(H,15,17). The van der Waals surface area contributed by atoms with Crippen molar-refractivity contribution in [2.24, 2.45) is 0 Å². The molecule has 1 unspecified atom stereocenters. The van der Waals surface area contributed by atoms with Gasteiger partial charge >= 0.3 is 0 Å². The molecule has 1 atom stereocenters. The minimum absolute atomic E-state index is 0.00331. The van der Waals surface area contributed by atoms with Gasteiger partial charge in [-0.05, 0) is 19.8 Å². The molecule has 6 nitrogen and oxygen atoms in total. The van der Waals surface area contributed by atoms with Crippen LogP contribution < -0.4 is 16.1 Å². The van der Waals surface area contributed by atoms with E-state index in [1.807, 2.05) is 0 Å². The zero-order valence-electron chi connectivity index (χ0n) is 10.0. The van der Waals surface area contributed by atoms with E-state index in [1.54, 1.807) is 6.92 Å². The summed E-state index contributed by atoms with van der Waals surface area (Å²) in [6.45, 7) is 1.59. The number of aromatic nitrogens is 1. The van der Waals surface area contributed by atoms with Crippen LogP contribution in [0, 0.1) is 0 Å². The lowest BCUT2D eigenvalue weighted by Gasteiger charge is -2.13. The second kappa shape index (κ2) is 5.03. The Morgan fingerprint density at radius 1 is 1.44 bits per heavy atom. The van der Waals surface area contributed by atoms with Crippen molar-refractivity contribution in [1.29, 1.82) is 0 Å². The fraction of sp³-hybridized carbons (Fsp3) is 0.417. The van der Waals surface area contributed by atoms with Crippen LogP contribution in [0.15, 0.2) is 23.3 Å². The molecule has 1 aromatic heterocycles. The van der Waals surface area contributed by atoms with Gasteiger partial charge in [-0.1, -0.05) is 0 Å². The number of pyridine rings is 1. The van der Waals surface area contributed by atoms with Gasteiger partial charge in [0.1, 0.15) is 11.6 Å². The number of hydrogen-bond donors (Lipinski definition) is 3. The molecule has 3 N–H and O–H groups in total. The third-order valence-corrected chi connectivity index (χ3v) is 2.73. The topological polar surface area (TPSA) is 91.1 Å². The molecule has 1 aromatic rings. The van der Waals surface area contributed by atoms with Gasteiger partial charge in [-0.25, -0.2) is 0 Å². The maximum Gasteiger partial charge on any atom is 0.257 e. The van der Waals surface area contributed by atoms with Gasteiger partial charge in [0.15, 0.2) is 5.43 Å². The molecule has 0 aromatic carbocycles. The van der Waals surface area contributed by atoms with Crippen molar-refractivity contribution >= 4 is 11.8 Å². The van der Waals surface area contributed by atoms with Crippen LogP contribution in [-0.4, -0.2) is 28.9 Å². The van der Waals surface area contributed by atoms with E-state index >= 15 is 0 Å². The van der Waals surface area contributed by atoms with Gasteiger partial charge in [-0.3, -0.25) is 14.4 Å². The average Bonchev–Trinajstić information content (AvgIpc) is 3.13. The zero-order chi connectivity index (χ0) is 13.1. The third kappa shape index (κ3) is 2.97. The van der Waals surface area contributed by atoms with Crippen molar-refractivity contribution in [1.82, 2.24) is 15.6 Å². The second-order valence-corrected chi connectivity index (χ2v) is 4.40. The normalized spacial score (nSPS) is 15.8. The minimum atomic E-state index is -0.655. The second-order valence-electron chi connectivity index (χ2n) is 4.40. The van der Waals surface area contributed by atoms with Crippen LogP contribution in [0.1, 0.15) is 30.1 Å². The van der Waals surface area contributed by atoms with E-state index in [0.717, 1.165) is 12.8 Å². The van der Waals surface area contributed by atoms with Crippen molar-refractivity contribution in [3.05, 3.63) is 34.2 Å². The van der Waals surface area contributed by atoms with Crippen molar-refractivity contribution in [2.45, 2.75) is 31.8 Å². The quantitative estimate of drug-likeness (QED) is 0.688. The predicted octanol–water partition coefficient (Wildman–Crippen LogP) is -0.228. The summed E-state index contributed by atoms with van der Waals surface area (Å²) < 4.78 is 0. The average molecular weight is 249 g/mol. The molecule has 1 fully saturated rings. The van der Waals surface area contributed by atoms with Crippen molar-refractivity contribution in [2.75, 3.05) is 0 Å². The largest absolute Gasteiger partial charge is 0.367 e. The maximum atomic E-state index is 11.8.